The van der Waals surface area contributed by atoms with E-state index in [2.05, 4.69) is 15.5 Å². The number of furan rings is 1. The second kappa shape index (κ2) is 9.87. The Morgan fingerprint density at radius 3 is 2.60 bits per heavy atom. The van der Waals surface area contributed by atoms with E-state index in [1.165, 1.54) is 6.26 Å². The Kier molecular flexibility index (Phi) is 7.00. The molecule has 0 spiro atoms. The van der Waals surface area contributed by atoms with E-state index in [4.69, 9.17) is 13.7 Å². The monoisotopic (exact) mass is 411 g/mol. The first-order valence-corrected chi connectivity index (χ1v) is 9.82. The Bertz CT molecular complexity index is 961. The van der Waals surface area contributed by atoms with Crippen LogP contribution < -0.4 is 5.32 Å². The highest BCUT2D eigenvalue weighted by Crippen LogP contribution is 2.20. The average Bonchev–Trinajstić information content (AvgIpc) is 3.37. The smallest absolute Gasteiger partial charge is 0.308 e. The molecule has 30 heavy (non-hydrogen) atoms. The van der Waals surface area contributed by atoms with Gasteiger partial charge < -0.3 is 19.0 Å². The van der Waals surface area contributed by atoms with E-state index in [-0.39, 0.29) is 37.2 Å². The Balaban J connectivity index is 1.60. The third kappa shape index (κ3) is 6.04. The minimum absolute atomic E-state index is 0.0518. The molecule has 0 radical (unpaired) electrons. The summed E-state index contributed by atoms with van der Waals surface area (Å²) < 4.78 is 15.6. The number of nitrogens with zero attached hydrogens (tertiary/aromatic N) is 2. The fraction of sp³-hybridized carbons (Fsp3) is 0.364. The molecule has 0 aliphatic rings. The first kappa shape index (κ1) is 21.3. The van der Waals surface area contributed by atoms with Crippen molar-refractivity contribution in [3.05, 3.63) is 59.7 Å². The number of rotatable bonds is 9. The van der Waals surface area contributed by atoms with Crippen molar-refractivity contribution in [2.75, 3.05) is 0 Å². The van der Waals surface area contributed by atoms with Crippen LogP contribution >= 0.6 is 0 Å². The van der Waals surface area contributed by atoms with Crippen molar-refractivity contribution in [3.8, 4) is 11.6 Å². The summed E-state index contributed by atoms with van der Waals surface area (Å²) in [5.74, 6) is 0.580. The Labute approximate surface area is 174 Å². The van der Waals surface area contributed by atoms with Gasteiger partial charge in [-0.1, -0.05) is 35.0 Å². The van der Waals surface area contributed by atoms with E-state index in [9.17, 15) is 9.59 Å². The number of benzene rings is 1. The summed E-state index contributed by atoms with van der Waals surface area (Å²) in [6, 6.07) is 10.7. The summed E-state index contributed by atoms with van der Waals surface area (Å²) in [7, 11) is 0. The normalized spacial score (nSPS) is 12.0. The van der Waals surface area contributed by atoms with Gasteiger partial charge in [0.2, 0.25) is 17.6 Å². The molecular formula is C22H25N3O5. The van der Waals surface area contributed by atoms with Gasteiger partial charge in [0.1, 0.15) is 0 Å². The van der Waals surface area contributed by atoms with Crippen molar-refractivity contribution in [1.82, 2.24) is 15.5 Å². The zero-order chi connectivity index (χ0) is 21.5. The maximum Gasteiger partial charge on any atom is 0.308 e. The number of hydrogen-bond donors (Lipinski definition) is 1. The van der Waals surface area contributed by atoms with Crippen molar-refractivity contribution >= 4 is 11.9 Å². The Hall–Kier alpha value is -3.42. The van der Waals surface area contributed by atoms with Crippen LogP contribution in [0, 0.1) is 6.92 Å². The topological polar surface area (TPSA) is 107 Å². The number of ether oxygens (including phenoxy) is 1. The predicted octanol–water partition coefficient (Wildman–Crippen LogP) is 3.77. The second-order valence-electron chi connectivity index (χ2n) is 7.26. The summed E-state index contributed by atoms with van der Waals surface area (Å²) in [4.78, 5) is 28.9. The fourth-order valence-corrected chi connectivity index (χ4v) is 2.88. The van der Waals surface area contributed by atoms with Crippen LogP contribution in [0.25, 0.3) is 11.6 Å². The summed E-state index contributed by atoms with van der Waals surface area (Å²) in [5.41, 5.74) is 1.94. The van der Waals surface area contributed by atoms with Gasteiger partial charge in [0.25, 0.3) is 0 Å². The lowest BCUT2D eigenvalue weighted by Gasteiger charge is -2.19. The number of nitrogens with one attached hydrogen (secondary N) is 1. The minimum atomic E-state index is -0.481. The van der Waals surface area contributed by atoms with Crippen LogP contribution in [0.5, 0.6) is 0 Å². The van der Waals surface area contributed by atoms with Crippen LogP contribution in [0.4, 0.5) is 0 Å². The lowest BCUT2D eigenvalue weighted by Crippen LogP contribution is -2.31. The number of carbonyl (C=O) groups excluding carboxylic acids is 2. The van der Waals surface area contributed by atoms with Crippen LogP contribution in [0.2, 0.25) is 0 Å². The molecule has 8 heteroatoms. The van der Waals surface area contributed by atoms with Gasteiger partial charge in [-0.05, 0) is 38.5 Å². The molecule has 1 atom stereocenters. The quantitative estimate of drug-likeness (QED) is 0.534. The number of carbonyl (C=O) groups is 2. The SMILES string of the molecule is Cc1ccc(C(CC(=O)OC(C)C)NC(=O)CCc2nc(-c3ccco3)no2)cc1. The van der Waals surface area contributed by atoms with Gasteiger partial charge in [0, 0.05) is 12.8 Å². The molecule has 3 aromatic rings. The molecule has 3 rings (SSSR count). The van der Waals surface area contributed by atoms with Gasteiger partial charge in [-0.25, -0.2) is 0 Å². The molecule has 0 saturated heterocycles. The molecule has 1 aromatic carbocycles. The molecule has 158 valence electrons. The molecule has 2 heterocycles. The van der Waals surface area contributed by atoms with Crippen LogP contribution in [-0.2, 0) is 20.7 Å². The number of esters is 1. The summed E-state index contributed by atoms with van der Waals surface area (Å²) in [6.45, 7) is 5.56. The molecule has 1 amide bonds. The van der Waals surface area contributed by atoms with Gasteiger partial charge in [-0.3, -0.25) is 9.59 Å². The zero-order valence-electron chi connectivity index (χ0n) is 17.3. The average molecular weight is 411 g/mol. The highest BCUT2D eigenvalue weighted by atomic mass is 16.5. The summed E-state index contributed by atoms with van der Waals surface area (Å²) >= 11 is 0. The van der Waals surface area contributed by atoms with Gasteiger partial charge in [-0.2, -0.15) is 4.98 Å². The van der Waals surface area contributed by atoms with E-state index < -0.39 is 6.04 Å². The largest absolute Gasteiger partial charge is 0.463 e. The first-order valence-electron chi connectivity index (χ1n) is 9.82. The fourth-order valence-electron chi connectivity index (χ4n) is 2.88. The third-order valence-corrected chi connectivity index (χ3v) is 4.33. The van der Waals surface area contributed by atoms with Crippen LogP contribution in [0.1, 0.15) is 49.7 Å². The molecule has 0 aliphatic carbocycles. The molecule has 2 aromatic heterocycles. The van der Waals surface area contributed by atoms with E-state index >= 15 is 0 Å². The maximum atomic E-state index is 12.5. The lowest BCUT2D eigenvalue weighted by molar-refractivity contribution is -0.148. The minimum Gasteiger partial charge on any atom is -0.463 e. The number of hydrogen-bond acceptors (Lipinski definition) is 7. The summed E-state index contributed by atoms with van der Waals surface area (Å²) in [5, 5.41) is 6.76. The van der Waals surface area contributed by atoms with Crippen LogP contribution in [0.15, 0.2) is 51.6 Å². The van der Waals surface area contributed by atoms with Crippen molar-refractivity contribution in [2.45, 2.75) is 52.2 Å². The van der Waals surface area contributed by atoms with Crippen molar-refractivity contribution in [2.24, 2.45) is 0 Å². The third-order valence-electron chi connectivity index (χ3n) is 4.33. The summed E-state index contributed by atoms with van der Waals surface area (Å²) in [6.07, 6.45) is 1.77. The van der Waals surface area contributed by atoms with Gasteiger partial charge in [0.05, 0.1) is 24.8 Å². The number of aromatic nitrogens is 2. The van der Waals surface area contributed by atoms with Gasteiger partial charge in [0.15, 0.2) is 5.76 Å². The first-order chi connectivity index (χ1) is 14.4. The molecular weight excluding hydrogens is 386 g/mol. The van der Waals surface area contributed by atoms with Gasteiger partial charge >= 0.3 is 5.97 Å². The van der Waals surface area contributed by atoms with E-state index in [1.807, 2.05) is 31.2 Å². The van der Waals surface area contributed by atoms with E-state index in [0.717, 1.165) is 11.1 Å². The number of aryl methyl sites for hydroxylation is 2. The van der Waals surface area contributed by atoms with Crippen LogP contribution in [0.3, 0.4) is 0 Å². The molecule has 0 aliphatic heterocycles. The van der Waals surface area contributed by atoms with Crippen molar-refractivity contribution in [1.29, 1.82) is 0 Å². The Morgan fingerprint density at radius 1 is 1.17 bits per heavy atom. The Morgan fingerprint density at radius 2 is 1.93 bits per heavy atom. The molecule has 0 bridgehead atoms. The van der Waals surface area contributed by atoms with Crippen molar-refractivity contribution in [3.63, 3.8) is 0 Å². The van der Waals surface area contributed by atoms with Gasteiger partial charge in [-0.15, -0.1) is 0 Å². The molecule has 8 nitrogen and oxygen atoms in total. The molecule has 1 unspecified atom stereocenters. The maximum absolute atomic E-state index is 12.5. The predicted molar refractivity (Wildman–Crippen MR) is 108 cm³/mol. The zero-order valence-corrected chi connectivity index (χ0v) is 17.3. The number of amides is 1. The second-order valence-corrected chi connectivity index (χ2v) is 7.26. The van der Waals surface area contributed by atoms with E-state index in [0.29, 0.717) is 17.5 Å². The highest BCUT2D eigenvalue weighted by Gasteiger charge is 2.21. The highest BCUT2D eigenvalue weighted by molar-refractivity contribution is 5.78. The molecule has 0 fully saturated rings. The van der Waals surface area contributed by atoms with E-state index in [1.54, 1.807) is 26.0 Å². The van der Waals surface area contributed by atoms with Crippen LogP contribution in [-0.4, -0.2) is 28.1 Å². The molecule has 1 N–H and O–H groups in total. The lowest BCUT2D eigenvalue weighted by atomic mass is 10.0. The molecule has 0 saturated carbocycles. The van der Waals surface area contributed by atoms with Crippen molar-refractivity contribution < 1.29 is 23.3 Å². The standard InChI is InChI=1S/C22H25N3O5/c1-14(2)29-21(27)13-17(16-8-6-15(3)7-9-16)23-19(26)10-11-20-24-22(25-30-20)18-5-4-12-28-18/h4-9,12,14,17H,10-11,13H2,1-3H3,(H,23,26).